The van der Waals surface area contributed by atoms with Gasteiger partial charge in [-0.25, -0.2) is 4.98 Å². The second-order valence-electron chi connectivity index (χ2n) is 5.63. The van der Waals surface area contributed by atoms with Crippen molar-refractivity contribution in [3.63, 3.8) is 0 Å². The van der Waals surface area contributed by atoms with E-state index in [1.165, 1.54) is 5.56 Å². The van der Waals surface area contributed by atoms with Gasteiger partial charge in [-0.1, -0.05) is 13.0 Å². The zero-order chi connectivity index (χ0) is 14.9. The fraction of sp³-hybridized carbons (Fsp3) is 0.688. The van der Waals surface area contributed by atoms with E-state index < -0.39 is 0 Å². The molecule has 118 valence electrons. The van der Waals surface area contributed by atoms with Gasteiger partial charge in [-0.2, -0.15) is 0 Å². The van der Waals surface area contributed by atoms with Crippen molar-refractivity contribution in [2.45, 2.75) is 26.3 Å². The lowest BCUT2D eigenvalue weighted by Gasteiger charge is -2.22. The first kappa shape index (κ1) is 16.2. The highest BCUT2D eigenvalue weighted by Gasteiger charge is 2.15. The molecule has 1 saturated heterocycles. The summed E-state index contributed by atoms with van der Waals surface area (Å²) in [5.41, 5.74) is 1.28. The molecule has 0 aliphatic carbocycles. The minimum Gasteiger partial charge on any atom is -0.395 e. The maximum atomic E-state index is 9.06. The van der Waals surface area contributed by atoms with Crippen LogP contribution in [0.15, 0.2) is 18.3 Å². The lowest BCUT2D eigenvalue weighted by atomic mass is 10.2. The molecule has 2 heterocycles. The highest BCUT2D eigenvalue weighted by Crippen LogP contribution is 2.15. The molecule has 5 heteroatoms. The quantitative estimate of drug-likeness (QED) is 0.796. The Hall–Kier alpha value is -1.17. The van der Waals surface area contributed by atoms with E-state index in [0.29, 0.717) is 0 Å². The Morgan fingerprint density at radius 2 is 2.05 bits per heavy atom. The molecule has 0 unspecified atom stereocenters. The number of nitrogens with one attached hydrogen (secondary N) is 1. The SMILES string of the molecule is CCCNc1ncccc1CN1CCCN(CCO)CC1. The summed E-state index contributed by atoms with van der Waals surface area (Å²) in [6.45, 7) is 9.44. The number of nitrogens with zero attached hydrogens (tertiary/aromatic N) is 3. The summed E-state index contributed by atoms with van der Waals surface area (Å²) in [5, 5.41) is 12.5. The predicted octanol–water partition coefficient (Wildman–Crippen LogP) is 1.40. The van der Waals surface area contributed by atoms with Crippen LogP contribution in [-0.4, -0.2) is 65.8 Å². The van der Waals surface area contributed by atoms with Crippen LogP contribution in [0.4, 0.5) is 5.82 Å². The van der Waals surface area contributed by atoms with Crippen molar-refractivity contribution in [1.82, 2.24) is 14.8 Å². The number of hydrogen-bond acceptors (Lipinski definition) is 5. The standard InChI is InChI=1S/C16H28N4O/c1-2-6-17-16-15(5-3-7-18-16)14-20-9-4-8-19(10-11-20)12-13-21/h3,5,7,21H,2,4,6,8-14H2,1H3,(H,17,18). The average Bonchev–Trinajstić information content (AvgIpc) is 2.72. The number of pyridine rings is 1. The third kappa shape index (κ3) is 5.26. The van der Waals surface area contributed by atoms with Crippen molar-refractivity contribution < 1.29 is 5.11 Å². The zero-order valence-electron chi connectivity index (χ0n) is 13.1. The van der Waals surface area contributed by atoms with Crippen molar-refractivity contribution in [2.75, 3.05) is 51.2 Å². The van der Waals surface area contributed by atoms with Gasteiger partial charge in [0.15, 0.2) is 0 Å². The van der Waals surface area contributed by atoms with Crippen molar-refractivity contribution in [3.8, 4) is 0 Å². The molecule has 0 radical (unpaired) electrons. The van der Waals surface area contributed by atoms with Crippen LogP contribution >= 0.6 is 0 Å². The van der Waals surface area contributed by atoms with Crippen LogP contribution in [0.1, 0.15) is 25.3 Å². The van der Waals surface area contributed by atoms with Crippen molar-refractivity contribution in [3.05, 3.63) is 23.9 Å². The Labute approximate surface area is 128 Å². The lowest BCUT2D eigenvalue weighted by Crippen LogP contribution is -2.32. The minimum absolute atomic E-state index is 0.258. The van der Waals surface area contributed by atoms with E-state index in [0.717, 1.165) is 64.5 Å². The number of aliphatic hydroxyl groups excluding tert-OH is 1. The molecule has 0 amide bonds. The monoisotopic (exact) mass is 292 g/mol. The molecule has 1 aromatic heterocycles. The summed E-state index contributed by atoms with van der Waals surface area (Å²) in [4.78, 5) is 9.31. The van der Waals surface area contributed by atoms with Gasteiger partial charge in [0.25, 0.3) is 0 Å². The van der Waals surface area contributed by atoms with Gasteiger partial charge in [0.05, 0.1) is 6.61 Å². The lowest BCUT2D eigenvalue weighted by molar-refractivity contribution is 0.196. The van der Waals surface area contributed by atoms with Gasteiger partial charge in [-0.15, -0.1) is 0 Å². The molecular weight excluding hydrogens is 264 g/mol. The van der Waals surface area contributed by atoms with Crippen LogP contribution in [0, 0.1) is 0 Å². The maximum absolute atomic E-state index is 9.06. The number of hydrogen-bond donors (Lipinski definition) is 2. The van der Waals surface area contributed by atoms with Crippen LogP contribution in [0.5, 0.6) is 0 Å². The first-order valence-corrected chi connectivity index (χ1v) is 8.06. The normalized spacial score (nSPS) is 17.6. The summed E-state index contributed by atoms with van der Waals surface area (Å²) in [6.07, 6.45) is 4.13. The van der Waals surface area contributed by atoms with Gasteiger partial charge in [0.2, 0.25) is 0 Å². The fourth-order valence-electron chi connectivity index (χ4n) is 2.76. The molecule has 1 aromatic rings. The zero-order valence-corrected chi connectivity index (χ0v) is 13.1. The summed E-state index contributed by atoms with van der Waals surface area (Å²) >= 11 is 0. The second-order valence-corrected chi connectivity index (χ2v) is 5.63. The van der Waals surface area contributed by atoms with Gasteiger partial charge in [-0.3, -0.25) is 9.80 Å². The van der Waals surface area contributed by atoms with E-state index in [1.807, 2.05) is 12.3 Å². The molecule has 0 atom stereocenters. The first-order chi connectivity index (χ1) is 10.3. The topological polar surface area (TPSA) is 51.6 Å². The smallest absolute Gasteiger partial charge is 0.130 e. The summed E-state index contributed by atoms with van der Waals surface area (Å²) in [7, 11) is 0. The van der Waals surface area contributed by atoms with Crippen molar-refractivity contribution in [2.24, 2.45) is 0 Å². The van der Waals surface area contributed by atoms with Crippen molar-refractivity contribution in [1.29, 1.82) is 0 Å². The average molecular weight is 292 g/mol. The molecule has 2 rings (SSSR count). The van der Waals surface area contributed by atoms with E-state index >= 15 is 0 Å². The van der Waals surface area contributed by atoms with Gasteiger partial charge >= 0.3 is 0 Å². The highest BCUT2D eigenvalue weighted by molar-refractivity contribution is 5.43. The number of anilines is 1. The van der Waals surface area contributed by atoms with Crippen LogP contribution in [-0.2, 0) is 6.54 Å². The largest absolute Gasteiger partial charge is 0.395 e. The van der Waals surface area contributed by atoms with Crippen LogP contribution in [0.3, 0.4) is 0 Å². The molecule has 1 aliphatic rings. The third-order valence-corrected chi connectivity index (χ3v) is 3.93. The fourth-order valence-corrected chi connectivity index (χ4v) is 2.76. The van der Waals surface area contributed by atoms with E-state index in [4.69, 9.17) is 5.11 Å². The molecule has 0 saturated carbocycles. The number of rotatable bonds is 7. The second kappa shape index (κ2) is 8.97. The molecule has 0 spiro atoms. The molecular formula is C16H28N4O. The molecule has 1 fully saturated rings. The maximum Gasteiger partial charge on any atom is 0.130 e. The van der Waals surface area contributed by atoms with Gasteiger partial charge in [-0.05, 0) is 32.0 Å². The number of aromatic nitrogens is 1. The van der Waals surface area contributed by atoms with Crippen LogP contribution < -0.4 is 5.32 Å². The van der Waals surface area contributed by atoms with E-state index in [9.17, 15) is 0 Å². The molecule has 0 bridgehead atoms. The Morgan fingerprint density at radius 3 is 2.86 bits per heavy atom. The Balaban J connectivity index is 1.92. The Kier molecular flexibility index (Phi) is 6.92. The first-order valence-electron chi connectivity index (χ1n) is 8.06. The molecule has 0 aromatic carbocycles. The Bertz CT molecular complexity index is 413. The van der Waals surface area contributed by atoms with Crippen LogP contribution in [0.25, 0.3) is 0 Å². The number of β-amino-alcohol motifs (C(OH)–C–C–N with tert-alkyl or cyclic N) is 1. The predicted molar refractivity (Wildman–Crippen MR) is 86.4 cm³/mol. The van der Waals surface area contributed by atoms with Gasteiger partial charge < -0.3 is 10.4 Å². The van der Waals surface area contributed by atoms with E-state index in [2.05, 4.69) is 33.1 Å². The molecule has 5 nitrogen and oxygen atoms in total. The summed E-state index contributed by atoms with van der Waals surface area (Å²) < 4.78 is 0. The third-order valence-electron chi connectivity index (χ3n) is 3.93. The van der Waals surface area contributed by atoms with Gasteiger partial charge in [0, 0.05) is 44.5 Å². The molecule has 2 N–H and O–H groups in total. The number of aliphatic hydroxyl groups is 1. The minimum atomic E-state index is 0.258. The highest BCUT2D eigenvalue weighted by atomic mass is 16.3. The van der Waals surface area contributed by atoms with Gasteiger partial charge in [0.1, 0.15) is 5.82 Å². The Morgan fingerprint density at radius 1 is 1.24 bits per heavy atom. The molecule has 21 heavy (non-hydrogen) atoms. The summed E-state index contributed by atoms with van der Waals surface area (Å²) in [6, 6.07) is 4.18. The summed E-state index contributed by atoms with van der Waals surface area (Å²) in [5.74, 6) is 1.02. The van der Waals surface area contributed by atoms with E-state index in [-0.39, 0.29) is 6.61 Å². The molecule has 1 aliphatic heterocycles. The van der Waals surface area contributed by atoms with E-state index in [1.54, 1.807) is 0 Å². The van der Waals surface area contributed by atoms with Crippen LogP contribution in [0.2, 0.25) is 0 Å². The van der Waals surface area contributed by atoms with Crippen molar-refractivity contribution >= 4 is 5.82 Å².